The maximum atomic E-state index is 6.59. The molecular formula is C20H20Cl2N2S. The molecule has 3 aliphatic heterocycles. The van der Waals surface area contributed by atoms with Crippen molar-refractivity contribution in [2.75, 3.05) is 30.3 Å². The summed E-state index contributed by atoms with van der Waals surface area (Å²) in [5.41, 5.74) is 5.27. The molecule has 0 aliphatic carbocycles. The summed E-state index contributed by atoms with van der Waals surface area (Å²) >= 11 is 14.9. The molecule has 1 saturated heterocycles. The summed E-state index contributed by atoms with van der Waals surface area (Å²) in [6.45, 7) is 3.33. The molecule has 3 aliphatic rings. The first-order chi connectivity index (χ1) is 12.3. The van der Waals surface area contributed by atoms with E-state index in [0.29, 0.717) is 22.0 Å². The Morgan fingerprint density at radius 1 is 1.12 bits per heavy atom. The summed E-state index contributed by atoms with van der Waals surface area (Å²) in [5.74, 6) is 1.74. The number of nitrogens with zero attached hydrogens (tertiary/aromatic N) is 1. The third-order valence-corrected chi connectivity index (χ3v) is 7.68. The minimum atomic E-state index is 0.535. The maximum Gasteiger partial charge on any atom is 0.0670 e. The van der Waals surface area contributed by atoms with Crippen LogP contribution in [0.4, 0.5) is 5.69 Å². The van der Waals surface area contributed by atoms with Crippen LogP contribution < -0.4 is 10.2 Å². The van der Waals surface area contributed by atoms with Crippen molar-refractivity contribution in [2.24, 2.45) is 0 Å². The minimum Gasteiger partial charge on any atom is -0.367 e. The third kappa shape index (κ3) is 2.51. The molecule has 2 aromatic rings. The zero-order valence-electron chi connectivity index (χ0n) is 13.9. The lowest BCUT2D eigenvalue weighted by Gasteiger charge is -2.33. The Kier molecular flexibility index (Phi) is 4.16. The van der Waals surface area contributed by atoms with Crippen LogP contribution in [0.1, 0.15) is 24.3 Å². The van der Waals surface area contributed by atoms with E-state index in [1.807, 2.05) is 23.9 Å². The second-order valence-corrected chi connectivity index (χ2v) is 8.96. The molecule has 5 rings (SSSR count). The van der Waals surface area contributed by atoms with Gasteiger partial charge in [0.2, 0.25) is 0 Å². The SMILES string of the molecule is Clc1cccc(-c2ccc3c4c2[C@@H]2CNCC[C@@H]2N4CCCS3)c1Cl. The lowest BCUT2D eigenvalue weighted by atomic mass is 9.85. The molecule has 1 fully saturated rings. The van der Waals surface area contributed by atoms with Gasteiger partial charge in [-0.3, -0.25) is 0 Å². The van der Waals surface area contributed by atoms with Gasteiger partial charge in [-0.15, -0.1) is 11.8 Å². The first kappa shape index (κ1) is 16.3. The van der Waals surface area contributed by atoms with E-state index < -0.39 is 0 Å². The fraction of sp³-hybridized carbons (Fsp3) is 0.400. The molecule has 25 heavy (non-hydrogen) atoms. The minimum absolute atomic E-state index is 0.535. The molecule has 2 aromatic carbocycles. The number of piperidine rings is 1. The van der Waals surface area contributed by atoms with Crippen molar-refractivity contribution >= 4 is 40.7 Å². The van der Waals surface area contributed by atoms with E-state index in [0.717, 1.165) is 18.7 Å². The molecule has 0 saturated carbocycles. The Hall–Kier alpha value is -0.870. The lowest BCUT2D eigenvalue weighted by molar-refractivity contribution is 0.403. The van der Waals surface area contributed by atoms with Crippen molar-refractivity contribution in [3.8, 4) is 11.1 Å². The fourth-order valence-corrected chi connectivity index (χ4v) is 6.12. The number of hydrogen-bond acceptors (Lipinski definition) is 3. The van der Waals surface area contributed by atoms with E-state index >= 15 is 0 Å². The maximum absolute atomic E-state index is 6.59. The molecule has 5 heteroatoms. The van der Waals surface area contributed by atoms with Gasteiger partial charge in [-0.1, -0.05) is 41.4 Å². The molecule has 0 unspecified atom stereocenters. The van der Waals surface area contributed by atoms with E-state index in [9.17, 15) is 0 Å². The van der Waals surface area contributed by atoms with Crippen LogP contribution in [0, 0.1) is 0 Å². The normalized spacial score (nSPS) is 24.6. The van der Waals surface area contributed by atoms with Crippen molar-refractivity contribution < 1.29 is 0 Å². The summed E-state index contributed by atoms with van der Waals surface area (Å²) in [6, 6.07) is 11.1. The van der Waals surface area contributed by atoms with Crippen LogP contribution in [0.15, 0.2) is 35.2 Å². The van der Waals surface area contributed by atoms with Gasteiger partial charge >= 0.3 is 0 Å². The van der Waals surface area contributed by atoms with Gasteiger partial charge in [0.15, 0.2) is 0 Å². The van der Waals surface area contributed by atoms with Crippen LogP contribution in [0.2, 0.25) is 10.0 Å². The van der Waals surface area contributed by atoms with Crippen molar-refractivity contribution in [3.05, 3.63) is 45.9 Å². The van der Waals surface area contributed by atoms with Gasteiger partial charge in [-0.05, 0) is 48.4 Å². The van der Waals surface area contributed by atoms with Crippen molar-refractivity contribution in [1.82, 2.24) is 5.32 Å². The number of thioether (sulfide) groups is 1. The van der Waals surface area contributed by atoms with Crippen LogP contribution in [0.5, 0.6) is 0 Å². The molecule has 3 heterocycles. The smallest absolute Gasteiger partial charge is 0.0670 e. The van der Waals surface area contributed by atoms with Gasteiger partial charge < -0.3 is 10.2 Å². The quantitative estimate of drug-likeness (QED) is 0.699. The zero-order chi connectivity index (χ0) is 17.0. The largest absolute Gasteiger partial charge is 0.367 e. The molecular weight excluding hydrogens is 371 g/mol. The van der Waals surface area contributed by atoms with E-state index in [1.165, 1.54) is 46.8 Å². The Bertz CT molecular complexity index is 839. The topological polar surface area (TPSA) is 15.3 Å². The first-order valence-corrected chi connectivity index (χ1v) is 10.7. The highest BCUT2D eigenvalue weighted by atomic mass is 35.5. The summed E-state index contributed by atoms with van der Waals surface area (Å²) in [7, 11) is 0. The molecule has 0 spiro atoms. The highest BCUT2D eigenvalue weighted by molar-refractivity contribution is 7.99. The molecule has 0 bridgehead atoms. The monoisotopic (exact) mass is 390 g/mol. The molecule has 0 aromatic heterocycles. The van der Waals surface area contributed by atoms with E-state index in [1.54, 1.807) is 0 Å². The standard InChI is InChI=1S/C20H20Cl2N2S/c21-15-4-1-3-13(19(15)22)12-5-6-17-20-18(12)14-11-23-8-7-16(14)24(20)9-2-10-25-17/h1,3-6,14,16,23H,2,7-11H2/t14-,16+/m1/s1. The van der Waals surface area contributed by atoms with Crippen LogP contribution >= 0.6 is 35.0 Å². The van der Waals surface area contributed by atoms with Crippen LogP contribution in [0.25, 0.3) is 11.1 Å². The lowest BCUT2D eigenvalue weighted by Crippen LogP contribution is -2.44. The van der Waals surface area contributed by atoms with E-state index in [4.69, 9.17) is 23.2 Å². The molecule has 0 radical (unpaired) electrons. The average Bonchev–Trinajstić information content (AvgIpc) is 2.81. The highest BCUT2D eigenvalue weighted by Gasteiger charge is 2.43. The fourth-order valence-electron chi connectivity index (χ4n) is 4.70. The first-order valence-electron chi connectivity index (χ1n) is 8.97. The van der Waals surface area contributed by atoms with Crippen LogP contribution in [-0.2, 0) is 0 Å². The van der Waals surface area contributed by atoms with Gasteiger partial charge in [0.1, 0.15) is 0 Å². The van der Waals surface area contributed by atoms with Crippen molar-refractivity contribution in [2.45, 2.75) is 29.7 Å². The van der Waals surface area contributed by atoms with Gasteiger partial charge in [0, 0.05) is 35.5 Å². The molecule has 1 N–H and O–H groups in total. The Balaban J connectivity index is 1.76. The van der Waals surface area contributed by atoms with Gasteiger partial charge in [0.05, 0.1) is 15.7 Å². The Morgan fingerprint density at radius 2 is 2.04 bits per heavy atom. The summed E-state index contributed by atoms with van der Waals surface area (Å²) in [4.78, 5) is 4.13. The number of halogens is 2. The third-order valence-electron chi connectivity index (χ3n) is 5.73. The van der Waals surface area contributed by atoms with Crippen molar-refractivity contribution in [1.29, 1.82) is 0 Å². The second kappa shape index (κ2) is 6.38. The van der Waals surface area contributed by atoms with Crippen molar-refractivity contribution in [3.63, 3.8) is 0 Å². The van der Waals surface area contributed by atoms with Gasteiger partial charge in [0.25, 0.3) is 0 Å². The number of hydrogen-bond donors (Lipinski definition) is 1. The van der Waals surface area contributed by atoms with E-state index in [2.05, 4.69) is 28.4 Å². The van der Waals surface area contributed by atoms with Gasteiger partial charge in [-0.2, -0.15) is 0 Å². The number of nitrogens with one attached hydrogen (secondary N) is 1. The number of anilines is 1. The number of benzene rings is 2. The summed E-state index contributed by atoms with van der Waals surface area (Å²) in [5, 5.41) is 4.90. The van der Waals surface area contributed by atoms with Crippen LogP contribution in [0.3, 0.4) is 0 Å². The number of fused-ring (bicyclic) bond motifs is 3. The summed E-state index contributed by atoms with van der Waals surface area (Å²) in [6.07, 6.45) is 2.47. The molecule has 2 atom stereocenters. The Morgan fingerprint density at radius 3 is 2.96 bits per heavy atom. The predicted octanol–water partition coefficient (Wildman–Crippen LogP) is 5.42. The van der Waals surface area contributed by atoms with Gasteiger partial charge in [-0.25, -0.2) is 0 Å². The highest BCUT2D eigenvalue weighted by Crippen LogP contribution is 2.53. The molecule has 130 valence electrons. The second-order valence-electron chi connectivity index (χ2n) is 7.04. The van der Waals surface area contributed by atoms with Crippen LogP contribution in [-0.4, -0.2) is 31.4 Å². The molecule has 0 amide bonds. The average molecular weight is 391 g/mol. The zero-order valence-corrected chi connectivity index (χ0v) is 16.2. The predicted molar refractivity (Wildman–Crippen MR) is 109 cm³/mol. The Labute approximate surface area is 162 Å². The number of rotatable bonds is 1. The molecule has 2 nitrogen and oxygen atoms in total. The summed E-state index contributed by atoms with van der Waals surface area (Å²) < 4.78 is 0. The van der Waals surface area contributed by atoms with E-state index in [-0.39, 0.29) is 0 Å².